The van der Waals surface area contributed by atoms with Crippen molar-refractivity contribution in [1.29, 1.82) is 0 Å². The summed E-state index contributed by atoms with van der Waals surface area (Å²) in [5, 5.41) is 3.48. The molecule has 2 rings (SSSR count). The largest absolute Gasteiger partial charge is 0.366 e. The van der Waals surface area contributed by atoms with Gasteiger partial charge in [-0.05, 0) is 44.7 Å². The Labute approximate surface area is 116 Å². The molecule has 0 radical (unpaired) electrons. The van der Waals surface area contributed by atoms with Gasteiger partial charge in [0.1, 0.15) is 5.82 Å². The molecule has 1 aliphatic rings. The summed E-state index contributed by atoms with van der Waals surface area (Å²) < 4.78 is 14.3. The Morgan fingerprint density at radius 2 is 2.11 bits per heavy atom. The zero-order valence-electron chi connectivity index (χ0n) is 12.2. The first-order valence-electron chi connectivity index (χ1n) is 7.44. The number of halogens is 1. The molecule has 0 saturated heterocycles. The lowest BCUT2D eigenvalue weighted by Gasteiger charge is -2.31. The number of benzene rings is 1. The summed E-state index contributed by atoms with van der Waals surface area (Å²) >= 11 is 0. The van der Waals surface area contributed by atoms with Crippen LogP contribution in [0.5, 0.6) is 0 Å². The maximum Gasteiger partial charge on any atom is 0.146 e. The first kappa shape index (κ1) is 14.3. The van der Waals surface area contributed by atoms with E-state index in [-0.39, 0.29) is 5.82 Å². The smallest absolute Gasteiger partial charge is 0.146 e. The molecule has 1 fully saturated rings. The van der Waals surface area contributed by atoms with Crippen molar-refractivity contribution in [2.45, 2.75) is 58.7 Å². The second-order valence-electron chi connectivity index (χ2n) is 5.45. The van der Waals surface area contributed by atoms with Crippen molar-refractivity contribution in [3.8, 4) is 0 Å². The van der Waals surface area contributed by atoms with E-state index in [2.05, 4.69) is 31.0 Å². The summed E-state index contributed by atoms with van der Waals surface area (Å²) in [5.74, 6) is -0.0998. The summed E-state index contributed by atoms with van der Waals surface area (Å²) in [6, 6.07) is 6.43. The minimum absolute atomic E-state index is 0.0998. The number of hydrogen-bond donors (Lipinski definition) is 1. The Balaban J connectivity index is 2.23. The van der Waals surface area contributed by atoms with Crippen LogP contribution in [0.25, 0.3) is 0 Å². The molecule has 1 aromatic carbocycles. The average molecular weight is 264 g/mol. The molecule has 1 saturated carbocycles. The van der Waals surface area contributed by atoms with Gasteiger partial charge in [-0.25, -0.2) is 4.39 Å². The minimum Gasteiger partial charge on any atom is -0.366 e. The lowest BCUT2D eigenvalue weighted by atomic mass is 10.1. The molecule has 106 valence electrons. The second kappa shape index (κ2) is 6.38. The quantitative estimate of drug-likeness (QED) is 0.807. The summed E-state index contributed by atoms with van der Waals surface area (Å²) in [5.41, 5.74) is 1.86. The van der Waals surface area contributed by atoms with Gasteiger partial charge in [-0.2, -0.15) is 0 Å². The van der Waals surface area contributed by atoms with Gasteiger partial charge in [0.25, 0.3) is 0 Å². The SMILES string of the molecule is CCC(C)N(CC)c1c(F)cccc1CNC1CC1. The third-order valence-corrected chi connectivity index (χ3v) is 3.98. The Morgan fingerprint density at radius 3 is 2.68 bits per heavy atom. The highest BCUT2D eigenvalue weighted by molar-refractivity contribution is 5.55. The van der Waals surface area contributed by atoms with Crippen molar-refractivity contribution in [2.75, 3.05) is 11.4 Å². The lowest BCUT2D eigenvalue weighted by molar-refractivity contribution is 0.575. The molecule has 0 bridgehead atoms. The van der Waals surface area contributed by atoms with E-state index in [0.29, 0.717) is 12.1 Å². The van der Waals surface area contributed by atoms with Crippen LogP contribution in [0.2, 0.25) is 0 Å². The van der Waals surface area contributed by atoms with E-state index in [9.17, 15) is 4.39 Å². The van der Waals surface area contributed by atoms with Gasteiger partial charge in [-0.15, -0.1) is 0 Å². The fraction of sp³-hybridized carbons (Fsp3) is 0.625. The second-order valence-corrected chi connectivity index (χ2v) is 5.45. The third-order valence-electron chi connectivity index (χ3n) is 3.98. The molecule has 0 spiro atoms. The summed E-state index contributed by atoms with van der Waals surface area (Å²) in [6.07, 6.45) is 3.54. The molecule has 1 unspecified atom stereocenters. The standard InChI is InChI=1S/C16H25FN2/c1-4-12(3)19(5-2)16-13(7-6-8-15(16)17)11-18-14-9-10-14/h6-8,12,14,18H,4-5,9-11H2,1-3H3. The number of nitrogens with one attached hydrogen (secondary N) is 1. The normalized spacial score (nSPS) is 16.4. The Kier molecular flexibility index (Phi) is 4.81. The van der Waals surface area contributed by atoms with E-state index in [4.69, 9.17) is 0 Å². The fourth-order valence-electron chi connectivity index (χ4n) is 2.48. The molecule has 1 aliphatic carbocycles. The molecule has 1 atom stereocenters. The Bertz CT molecular complexity index is 415. The Morgan fingerprint density at radius 1 is 1.37 bits per heavy atom. The van der Waals surface area contributed by atoms with Gasteiger partial charge in [-0.1, -0.05) is 19.1 Å². The van der Waals surface area contributed by atoms with E-state index < -0.39 is 0 Å². The minimum atomic E-state index is -0.0998. The van der Waals surface area contributed by atoms with Crippen molar-refractivity contribution in [3.05, 3.63) is 29.6 Å². The van der Waals surface area contributed by atoms with Crippen molar-refractivity contribution >= 4 is 5.69 Å². The van der Waals surface area contributed by atoms with Gasteiger partial charge in [0.2, 0.25) is 0 Å². The van der Waals surface area contributed by atoms with Crippen LogP contribution < -0.4 is 10.2 Å². The number of nitrogens with zero attached hydrogens (tertiary/aromatic N) is 1. The van der Waals surface area contributed by atoms with Crippen LogP contribution in [-0.2, 0) is 6.54 Å². The molecule has 1 N–H and O–H groups in total. The van der Waals surface area contributed by atoms with Gasteiger partial charge in [0, 0.05) is 25.2 Å². The highest BCUT2D eigenvalue weighted by atomic mass is 19.1. The number of hydrogen-bond acceptors (Lipinski definition) is 2. The van der Waals surface area contributed by atoms with Gasteiger partial charge in [-0.3, -0.25) is 0 Å². The molecule has 2 nitrogen and oxygen atoms in total. The van der Waals surface area contributed by atoms with E-state index in [0.717, 1.165) is 30.8 Å². The summed E-state index contributed by atoms with van der Waals surface area (Å²) in [7, 11) is 0. The molecule has 0 aliphatic heterocycles. The van der Waals surface area contributed by atoms with E-state index >= 15 is 0 Å². The van der Waals surface area contributed by atoms with Crippen LogP contribution in [0.4, 0.5) is 10.1 Å². The van der Waals surface area contributed by atoms with Crippen molar-refractivity contribution in [3.63, 3.8) is 0 Å². The first-order valence-corrected chi connectivity index (χ1v) is 7.44. The predicted molar refractivity (Wildman–Crippen MR) is 79.0 cm³/mol. The zero-order chi connectivity index (χ0) is 13.8. The van der Waals surface area contributed by atoms with Gasteiger partial charge in [0.15, 0.2) is 0 Å². The van der Waals surface area contributed by atoms with Crippen LogP contribution in [0, 0.1) is 5.82 Å². The van der Waals surface area contributed by atoms with Gasteiger partial charge < -0.3 is 10.2 Å². The molecular formula is C16H25FN2. The van der Waals surface area contributed by atoms with Crippen LogP contribution in [0.1, 0.15) is 45.6 Å². The topological polar surface area (TPSA) is 15.3 Å². The molecule has 0 heterocycles. The maximum absolute atomic E-state index is 14.3. The average Bonchev–Trinajstić information content (AvgIpc) is 3.23. The Hall–Kier alpha value is -1.09. The molecule has 0 amide bonds. The fourth-order valence-corrected chi connectivity index (χ4v) is 2.48. The highest BCUT2D eigenvalue weighted by Crippen LogP contribution is 2.28. The molecule has 3 heteroatoms. The first-order chi connectivity index (χ1) is 9.17. The zero-order valence-corrected chi connectivity index (χ0v) is 12.2. The predicted octanol–water partition coefficient (Wildman–Crippen LogP) is 3.70. The molecule has 1 aromatic rings. The molecule has 19 heavy (non-hydrogen) atoms. The lowest BCUT2D eigenvalue weighted by Crippen LogP contribution is -2.34. The molecular weight excluding hydrogens is 239 g/mol. The monoisotopic (exact) mass is 264 g/mol. The highest BCUT2D eigenvalue weighted by Gasteiger charge is 2.23. The van der Waals surface area contributed by atoms with Crippen LogP contribution in [-0.4, -0.2) is 18.6 Å². The number of para-hydroxylation sites is 1. The van der Waals surface area contributed by atoms with Crippen LogP contribution in [0.3, 0.4) is 0 Å². The maximum atomic E-state index is 14.3. The van der Waals surface area contributed by atoms with Crippen LogP contribution >= 0.6 is 0 Å². The van der Waals surface area contributed by atoms with Gasteiger partial charge in [0.05, 0.1) is 5.69 Å². The third kappa shape index (κ3) is 3.47. The summed E-state index contributed by atoms with van der Waals surface area (Å²) in [4.78, 5) is 2.18. The summed E-state index contributed by atoms with van der Waals surface area (Å²) in [6.45, 7) is 8.01. The number of anilines is 1. The van der Waals surface area contributed by atoms with Gasteiger partial charge >= 0.3 is 0 Å². The molecule has 0 aromatic heterocycles. The van der Waals surface area contributed by atoms with Crippen molar-refractivity contribution in [1.82, 2.24) is 5.32 Å². The number of rotatable bonds is 7. The van der Waals surface area contributed by atoms with E-state index in [1.807, 2.05) is 12.1 Å². The van der Waals surface area contributed by atoms with Crippen LogP contribution in [0.15, 0.2) is 18.2 Å². The van der Waals surface area contributed by atoms with Crippen molar-refractivity contribution < 1.29 is 4.39 Å². The van der Waals surface area contributed by atoms with E-state index in [1.165, 1.54) is 12.8 Å². The van der Waals surface area contributed by atoms with E-state index in [1.54, 1.807) is 6.07 Å². The van der Waals surface area contributed by atoms with Crippen molar-refractivity contribution in [2.24, 2.45) is 0 Å².